The van der Waals surface area contributed by atoms with Crippen LogP contribution in [0.4, 0.5) is 0 Å². The highest BCUT2D eigenvalue weighted by atomic mass is 32.1. The fourth-order valence-corrected chi connectivity index (χ4v) is 4.29. The van der Waals surface area contributed by atoms with E-state index in [2.05, 4.69) is 10.2 Å². The summed E-state index contributed by atoms with van der Waals surface area (Å²) in [6.45, 7) is 1.92. The van der Waals surface area contributed by atoms with E-state index in [0.717, 1.165) is 16.3 Å². The Hall–Kier alpha value is -2.51. The second-order valence-electron chi connectivity index (χ2n) is 6.79. The van der Waals surface area contributed by atoms with Crippen molar-refractivity contribution >= 4 is 17.2 Å². The highest BCUT2D eigenvalue weighted by molar-refractivity contribution is 7.10. The summed E-state index contributed by atoms with van der Waals surface area (Å²) in [6.07, 6.45) is 0.454. The SMILES string of the molecule is COC[C@@H]1CN(C(=O)Cc2cccs2)C[C@H]1c1nc(-c2ccccc2)n[nH]1. The van der Waals surface area contributed by atoms with Crippen molar-refractivity contribution in [2.24, 2.45) is 5.92 Å². The van der Waals surface area contributed by atoms with Gasteiger partial charge in [-0.15, -0.1) is 11.3 Å². The molecule has 2 atom stereocenters. The largest absolute Gasteiger partial charge is 0.384 e. The molecule has 3 heterocycles. The molecule has 0 unspecified atom stereocenters. The number of H-pyrrole nitrogens is 1. The first-order chi connectivity index (χ1) is 13.2. The molecule has 140 valence electrons. The van der Waals surface area contributed by atoms with Gasteiger partial charge in [-0.1, -0.05) is 36.4 Å². The molecular weight excluding hydrogens is 360 g/mol. The Bertz CT molecular complexity index is 879. The Morgan fingerprint density at radius 2 is 2.11 bits per heavy atom. The highest BCUT2D eigenvalue weighted by Gasteiger charge is 2.38. The number of ether oxygens (including phenoxy) is 1. The van der Waals surface area contributed by atoms with Crippen molar-refractivity contribution in [2.75, 3.05) is 26.8 Å². The molecule has 1 saturated heterocycles. The van der Waals surface area contributed by atoms with E-state index in [4.69, 9.17) is 9.72 Å². The Morgan fingerprint density at radius 3 is 2.85 bits per heavy atom. The third-order valence-electron chi connectivity index (χ3n) is 4.97. The van der Waals surface area contributed by atoms with Crippen molar-refractivity contribution in [3.63, 3.8) is 0 Å². The van der Waals surface area contributed by atoms with Crippen molar-refractivity contribution in [1.82, 2.24) is 20.1 Å². The number of carbonyl (C=O) groups excluding carboxylic acids is 1. The molecule has 0 saturated carbocycles. The maximum Gasteiger partial charge on any atom is 0.227 e. The van der Waals surface area contributed by atoms with Crippen LogP contribution in [0.15, 0.2) is 47.8 Å². The summed E-state index contributed by atoms with van der Waals surface area (Å²) >= 11 is 1.62. The van der Waals surface area contributed by atoms with Gasteiger partial charge in [-0.05, 0) is 11.4 Å². The van der Waals surface area contributed by atoms with Crippen molar-refractivity contribution in [3.8, 4) is 11.4 Å². The Balaban J connectivity index is 1.51. The summed E-state index contributed by atoms with van der Waals surface area (Å²) in [4.78, 5) is 20.4. The van der Waals surface area contributed by atoms with E-state index in [9.17, 15) is 4.79 Å². The zero-order valence-electron chi connectivity index (χ0n) is 15.2. The molecule has 1 aliphatic rings. The van der Waals surface area contributed by atoms with Crippen LogP contribution in [-0.4, -0.2) is 52.8 Å². The van der Waals surface area contributed by atoms with Crippen LogP contribution in [0.1, 0.15) is 16.6 Å². The summed E-state index contributed by atoms with van der Waals surface area (Å²) in [5.41, 5.74) is 0.979. The summed E-state index contributed by atoms with van der Waals surface area (Å²) in [6, 6.07) is 13.9. The standard InChI is InChI=1S/C20H22N4O2S/c1-26-13-15-11-24(18(25)10-16-8-5-9-27-16)12-17(15)20-21-19(22-23-20)14-6-3-2-4-7-14/h2-9,15,17H,10-13H2,1H3,(H,21,22,23)/t15-,17+/m0/s1. The fraction of sp³-hybridized carbons (Fsp3) is 0.350. The normalized spacial score (nSPS) is 19.5. The fourth-order valence-electron chi connectivity index (χ4n) is 3.60. The van der Waals surface area contributed by atoms with Gasteiger partial charge in [0.15, 0.2) is 5.82 Å². The van der Waals surface area contributed by atoms with Gasteiger partial charge < -0.3 is 9.64 Å². The molecule has 1 aromatic carbocycles. The van der Waals surface area contributed by atoms with Crippen LogP contribution >= 0.6 is 11.3 Å². The topological polar surface area (TPSA) is 71.1 Å². The molecule has 3 aromatic rings. The minimum atomic E-state index is 0.0993. The number of methoxy groups -OCH3 is 1. The van der Waals surface area contributed by atoms with Crippen LogP contribution in [0.3, 0.4) is 0 Å². The van der Waals surface area contributed by atoms with Gasteiger partial charge in [0, 0.05) is 42.5 Å². The number of likely N-dealkylation sites (tertiary alicyclic amines) is 1. The molecule has 7 heteroatoms. The second-order valence-corrected chi connectivity index (χ2v) is 7.82. The summed E-state index contributed by atoms with van der Waals surface area (Å²) in [5.74, 6) is 1.97. The van der Waals surface area contributed by atoms with E-state index >= 15 is 0 Å². The molecule has 1 aliphatic heterocycles. The summed E-state index contributed by atoms with van der Waals surface area (Å²) in [5, 5.41) is 9.47. The quantitative estimate of drug-likeness (QED) is 0.711. The Labute approximate surface area is 162 Å². The molecule has 1 amide bonds. The molecule has 4 rings (SSSR count). The highest BCUT2D eigenvalue weighted by Crippen LogP contribution is 2.32. The van der Waals surface area contributed by atoms with E-state index in [1.165, 1.54) is 0 Å². The number of benzene rings is 1. The predicted molar refractivity (Wildman–Crippen MR) is 105 cm³/mol. The molecule has 0 bridgehead atoms. The molecule has 0 radical (unpaired) electrons. The smallest absolute Gasteiger partial charge is 0.227 e. The van der Waals surface area contributed by atoms with Crippen molar-refractivity contribution in [1.29, 1.82) is 0 Å². The van der Waals surface area contributed by atoms with E-state index in [1.54, 1.807) is 18.4 Å². The maximum atomic E-state index is 12.7. The lowest BCUT2D eigenvalue weighted by Crippen LogP contribution is -2.30. The second kappa shape index (κ2) is 8.02. The van der Waals surface area contributed by atoms with Gasteiger partial charge in [-0.3, -0.25) is 9.89 Å². The van der Waals surface area contributed by atoms with Crippen LogP contribution in [0.2, 0.25) is 0 Å². The van der Waals surface area contributed by atoms with E-state index < -0.39 is 0 Å². The zero-order chi connectivity index (χ0) is 18.6. The third kappa shape index (κ3) is 3.94. The number of hydrogen-bond donors (Lipinski definition) is 1. The minimum absolute atomic E-state index is 0.0993. The molecule has 6 nitrogen and oxygen atoms in total. The third-order valence-corrected chi connectivity index (χ3v) is 5.84. The number of thiophene rings is 1. The summed E-state index contributed by atoms with van der Waals surface area (Å²) in [7, 11) is 1.70. The van der Waals surface area contributed by atoms with Gasteiger partial charge >= 0.3 is 0 Å². The lowest BCUT2D eigenvalue weighted by atomic mass is 9.96. The molecule has 27 heavy (non-hydrogen) atoms. The molecule has 0 spiro atoms. The lowest BCUT2D eigenvalue weighted by molar-refractivity contribution is -0.129. The Morgan fingerprint density at radius 1 is 1.26 bits per heavy atom. The molecular formula is C20H22N4O2S. The van der Waals surface area contributed by atoms with Crippen molar-refractivity contribution in [3.05, 3.63) is 58.5 Å². The van der Waals surface area contributed by atoms with Crippen molar-refractivity contribution in [2.45, 2.75) is 12.3 Å². The average Bonchev–Trinajstić information content (AvgIpc) is 3.43. The van der Waals surface area contributed by atoms with E-state index in [-0.39, 0.29) is 17.7 Å². The van der Waals surface area contributed by atoms with Gasteiger partial charge in [0.1, 0.15) is 5.82 Å². The average molecular weight is 382 g/mol. The van der Waals surface area contributed by atoms with Gasteiger partial charge in [-0.25, -0.2) is 4.98 Å². The van der Waals surface area contributed by atoms with Crippen LogP contribution < -0.4 is 0 Å². The minimum Gasteiger partial charge on any atom is -0.384 e. The number of amides is 1. The molecule has 1 N–H and O–H groups in total. The van der Waals surface area contributed by atoms with Crippen molar-refractivity contribution < 1.29 is 9.53 Å². The molecule has 0 aliphatic carbocycles. The molecule has 1 fully saturated rings. The van der Waals surface area contributed by atoms with Gasteiger partial charge in [-0.2, -0.15) is 5.10 Å². The van der Waals surface area contributed by atoms with Crippen LogP contribution in [0, 0.1) is 5.92 Å². The molecule has 2 aromatic heterocycles. The number of carbonyl (C=O) groups is 1. The van der Waals surface area contributed by atoms with Crippen LogP contribution in [-0.2, 0) is 16.0 Å². The zero-order valence-corrected chi connectivity index (χ0v) is 16.0. The predicted octanol–water partition coefficient (Wildman–Crippen LogP) is 2.96. The number of hydrogen-bond acceptors (Lipinski definition) is 5. The van der Waals surface area contributed by atoms with Crippen LogP contribution in [0.5, 0.6) is 0 Å². The van der Waals surface area contributed by atoms with E-state index in [0.29, 0.717) is 31.9 Å². The summed E-state index contributed by atoms with van der Waals surface area (Å²) < 4.78 is 5.40. The number of nitrogens with zero attached hydrogens (tertiary/aromatic N) is 3. The van der Waals surface area contributed by atoms with Gasteiger partial charge in [0.05, 0.1) is 13.0 Å². The number of aromatic amines is 1. The monoisotopic (exact) mass is 382 g/mol. The Kier molecular flexibility index (Phi) is 5.31. The first kappa shape index (κ1) is 17.9. The number of aromatic nitrogens is 3. The van der Waals surface area contributed by atoms with Gasteiger partial charge in [0.25, 0.3) is 0 Å². The van der Waals surface area contributed by atoms with Gasteiger partial charge in [0.2, 0.25) is 5.91 Å². The first-order valence-corrected chi connectivity index (χ1v) is 9.89. The lowest BCUT2D eigenvalue weighted by Gasteiger charge is -2.15. The van der Waals surface area contributed by atoms with Crippen LogP contribution in [0.25, 0.3) is 11.4 Å². The number of nitrogens with one attached hydrogen (secondary N) is 1. The maximum absolute atomic E-state index is 12.7. The van der Waals surface area contributed by atoms with E-state index in [1.807, 2.05) is 52.7 Å². The number of rotatable bonds is 6. The first-order valence-electron chi connectivity index (χ1n) is 9.01.